The molecule has 0 radical (unpaired) electrons. The molecule has 0 amide bonds. The summed E-state index contributed by atoms with van der Waals surface area (Å²) in [5.74, 6) is -0.386. The monoisotopic (exact) mass is 250 g/mol. The molecule has 1 heterocycles. The molecule has 0 atom stereocenters. The van der Waals surface area contributed by atoms with Crippen molar-refractivity contribution in [2.75, 3.05) is 30.8 Å². The number of ether oxygens (including phenoxy) is 1. The van der Waals surface area contributed by atoms with Crippen LogP contribution in [0.15, 0.2) is 6.07 Å². The van der Waals surface area contributed by atoms with Gasteiger partial charge in [0.1, 0.15) is 5.82 Å². The van der Waals surface area contributed by atoms with Crippen molar-refractivity contribution in [3.8, 4) is 0 Å². The highest BCUT2D eigenvalue weighted by Gasteiger charge is 2.33. The van der Waals surface area contributed by atoms with Crippen LogP contribution in [-0.2, 0) is 10.9 Å². The molecule has 1 aromatic rings. The summed E-state index contributed by atoms with van der Waals surface area (Å²) in [6, 6.07) is 0.808. The first-order chi connectivity index (χ1) is 7.93. The highest BCUT2D eigenvalue weighted by atomic mass is 19.4. The predicted octanol–water partition coefficient (Wildman–Crippen LogP) is 1.53. The lowest BCUT2D eigenvalue weighted by Crippen LogP contribution is -2.15. The fourth-order valence-electron chi connectivity index (χ4n) is 1.10. The van der Waals surface area contributed by atoms with E-state index in [-0.39, 0.29) is 5.82 Å². The maximum Gasteiger partial charge on any atom is 0.433 e. The zero-order valence-corrected chi connectivity index (χ0v) is 9.21. The molecule has 0 unspecified atom stereocenters. The molecule has 0 bridgehead atoms. The Morgan fingerprint density at radius 3 is 2.71 bits per heavy atom. The molecule has 96 valence electrons. The smallest absolute Gasteiger partial charge is 0.380 e. The van der Waals surface area contributed by atoms with E-state index < -0.39 is 17.8 Å². The third-order valence-electron chi connectivity index (χ3n) is 1.79. The van der Waals surface area contributed by atoms with Crippen LogP contribution in [0.3, 0.4) is 0 Å². The first kappa shape index (κ1) is 13.5. The van der Waals surface area contributed by atoms with Crippen LogP contribution in [-0.4, -0.2) is 29.7 Å². The molecule has 0 aromatic carbocycles. The highest BCUT2D eigenvalue weighted by Crippen LogP contribution is 2.29. The SMILES string of the molecule is CCOCCNc1cc(C(F)(F)F)nc(N)n1. The Labute approximate surface area is 96.2 Å². The predicted molar refractivity (Wildman–Crippen MR) is 56.4 cm³/mol. The van der Waals surface area contributed by atoms with Crippen LogP contribution in [0.5, 0.6) is 0 Å². The normalized spacial score (nSPS) is 11.5. The zero-order chi connectivity index (χ0) is 12.9. The molecule has 5 nitrogen and oxygen atoms in total. The number of hydrogen-bond acceptors (Lipinski definition) is 5. The zero-order valence-electron chi connectivity index (χ0n) is 9.21. The van der Waals surface area contributed by atoms with Gasteiger partial charge in [-0.1, -0.05) is 0 Å². The van der Waals surface area contributed by atoms with E-state index in [4.69, 9.17) is 10.5 Å². The lowest BCUT2D eigenvalue weighted by Gasteiger charge is -2.10. The van der Waals surface area contributed by atoms with E-state index in [1.165, 1.54) is 0 Å². The quantitative estimate of drug-likeness (QED) is 0.775. The largest absolute Gasteiger partial charge is 0.433 e. The van der Waals surface area contributed by atoms with Crippen LogP contribution in [0, 0.1) is 0 Å². The Kier molecular flexibility index (Phi) is 4.50. The van der Waals surface area contributed by atoms with Crippen molar-refractivity contribution >= 4 is 11.8 Å². The van der Waals surface area contributed by atoms with Gasteiger partial charge in [-0.25, -0.2) is 4.98 Å². The first-order valence-corrected chi connectivity index (χ1v) is 4.97. The van der Waals surface area contributed by atoms with Crippen molar-refractivity contribution in [2.45, 2.75) is 13.1 Å². The minimum absolute atomic E-state index is 0.0320. The fourth-order valence-corrected chi connectivity index (χ4v) is 1.10. The lowest BCUT2D eigenvalue weighted by atomic mass is 10.4. The van der Waals surface area contributed by atoms with Gasteiger partial charge in [-0.2, -0.15) is 18.2 Å². The highest BCUT2D eigenvalue weighted by molar-refractivity contribution is 5.41. The van der Waals surface area contributed by atoms with Gasteiger partial charge in [-0.05, 0) is 6.92 Å². The summed E-state index contributed by atoms with van der Waals surface area (Å²) in [6.07, 6.45) is -4.53. The number of rotatable bonds is 5. The van der Waals surface area contributed by atoms with Gasteiger partial charge < -0.3 is 15.8 Å². The number of halogens is 3. The summed E-state index contributed by atoms with van der Waals surface area (Å²) < 4.78 is 42.2. The molecule has 0 fully saturated rings. The van der Waals surface area contributed by atoms with Gasteiger partial charge >= 0.3 is 6.18 Å². The maximum atomic E-state index is 12.4. The van der Waals surface area contributed by atoms with Gasteiger partial charge in [0.2, 0.25) is 5.95 Å². The summed E-state index contributed by atoms with van der Waals surface area (Å²) in [5, 5.41) is 2.68. The summed E-state index contributed by atoms with van der Waals surface area (Å²) in [4.78, 5) is 6.76. The van der Waals surface area contributed by atoms with E-state index in [2.05, 4.69) is 15.3 Å². The fraction of sp³-hybridized carbons (Fsp3) is 0.556. The number of nitrogens with one attached hydrogen (secondary N) is 1. The van der Waals surface area contributed by atoms with E-state index in [1.807, 2.05) is 6.92 Å². The van der Waals surface area contributed by atoms with E-state index in [0.29, 0.717) is 19.8 Å². The van der Waals surface area contributed by atoms with Gasteiger partial charge in [-0.3, -0.25) is 0 Å². The van der Waals surface area contributed by atoms with Crippen LogP contribution in [0.4, 0.5) is 24.9 Å². The van der Waals surface area contributed by atoms with Gasteiger partial charge in [0.25, 0.3) is 0 Å². The second-order valence-electron chi connectivity index (χ2n) is 3.12. The van der Waals surface area contributed by atoms with E-state index >= 15 is 0 Å². The van der Waals surface area contributed by atoms with Crippen molar-refractivity contribution in [1.82, 2.24) is 9.97 Å². The minimum atomic E-state index is -4.53. The second-order valence-corrected chi connectivity index (χ2v) is 3.12. The Hall–Kier alpha value is -1.57. The summed E-state index contributed by atoms with van der Waals surface area (Å²) in [5.41, 5.74) is 4.13. The first-order valence-electron chi connectivity index (χ1n) is 4.97. The van der Waals surface area contributed by atoms with Crippen molar-refractivity contribution in [1.29, 1.82) is 0 Å². The van der Waals surface area contributed by atoms with E-state index in [0.717, 1.165) is 6.07 Å². The molecule has 1 aromatic heterocycles. The Bertz CT molecular complexity index is 370. The molecule has 1 rings (SSSR count). The maximum absolute atomic E-state index is 12.4. The third-order valence-corrected chi connectivity index (χ3v) is 1.79. The van der Waals surface area contributed by atoms with Crippen LogP contribution < -0.4 is 11.1 Å². The molecule has 0 aliphatic carbocycles. The molecule has 0 saturated heterocycles. The average Bonchev–Trinajstić information content (AvgIpc) is 2.22. The Balaban J connectivity index is 2.69. The van der Waals surface area contributed by atoms with Crippen molar-refractivity contribution in [2.24, 2.45) is 0 Å². The number of nitrogens with two attached hydrogens (primary N) is 1. The third kappa shape index (κ3) is 4.43. The van der Waals surface area contributed by atoms with E-state index in [1.54, 1.807) is 0 Å². The standard InChI is InChI=1S/C9H13F3N4O/c1-2-17-4-3-14-7-5-6(9(10,11)12)15-8(13)16-7/h5H,2-4H2,1H3,(H3,13,14,15,16). The van der Waals surface area contributed by atoms with Crippen LogP contribution in [0.2, 0.25) is 0 Å². The van der Waals surface area contributed by atoms with Crippen molar-refractivity contribution in [3.05, 3.63) is 11.8 Å². The number of nitrogens with zero attached hydrogens (tertiary/aromatic N) is 2. The number of aromatic nitrogens is 2. The Morgan fingerprint density at radius 1 is 1.41 bits per heavy atom. The Morgan fingerprint density at radius 2 is 2.12 bits per heavy atom. The van der Waals surface area contributed by atoms with Crippen LogP contribution in [0.25, 0.3) is 0 Å². The summed E-state index contributed by atoms with van der Waals surface area (Å²) in [6.45, 7) is 3.09. The van der Waals surface area contributed by atoms with Gasteiger partial charge in [0.05, 0.1) is 6.61 Å². The molecule has 0 aliphatic heterocycles. The molecule has 8 heteroatoms. The van der Waals surface area contributed by atoms with Crippen LogP contribution >= 0.6 is 0 Å². The second kappa shape index (κ2) is 5.67. The summed E-state index contributed by atoms with van der Waals surface area (Å²) in [7, 11) is 0. The average molecular weight is 250 g/mol. The molecular formula is C9H13F3N4O. The number of nitrogen functional groups attached to an aromatic ring is 1. The minimum Gasteiger partial charge on any atom is -0.380 e. The number of hydrogen-bond donors (Lipinski definition) is 2. The van der Waals surface area contributed by atoms with Gasteiger partial charge in [0.15, 0.2) is 5.69 Å². The van der Waals surface area contributed by atoms with E-state index in [9.17, 15) is 13.2 Å². The topological polar surface area (TPSA) is 73.1 Å². The summed E-state index contributed by atoms with van der Waals surface area (Å²) >= 11 is 0. The van der Waals surface area contributed by atoms with Crippen molar-refractivity contribution in [3.63, 3.8) is 0 Å². The molecular weight excluding hydrogens is 237 g/mol. The van der Waals surface area contributed by atoms with Crippen molar-refractivity contribution < 1.29 is 17.9 Å². The van der Waals surface area contributed by atoms with Crippen LogP contribution in [0.1, 0.15) is 12.6 Å². The van der Waals surface area contributed by atoms with Gasteiger partial charge in [0, 0.05) is 19.2 Å². The number of alkyl halides is 3. The molecule has 0 aliphatic rings. The molecule has 3 N–H and O–H groups in total. The lowest BCUT2D eigenvalue weighted by molar-refractivity contribution is -0.141. The van der Waals surface area contributed by atoms with Gasteiger partial charge in [-0.15, -0.1) is 0 Å². The molecule has 0 saturated carbocycles. The molecule has 0 spiro atoms. The number of anilines is 2. The molecule has 17 heavy (non-hydrogen) atoms.